The number of amides is 2. The molecular formula is C20H28N2O2. The third-order valence-corrected chi connectivity index (χ3v) is 5.43. The van der Waals surface area contributed by atoms with Crippen LogP contribution in [0.25, 0.3) is 0 Å². The zero-order chi connectivity index (χ0) is 16.8. The number of piperidine rings is 1. The first kappa shape index (κ1) is 17.0. The minimum atomic E-state index is -0.0885. The van der Waals surface area contributed by atoms with Crippen molar-refractivity contribution in [2.45, 2.75) is 51.4 Å². The SMILES string of the molecule is O=C(Nc1ccccc1)C1CCCN(C(=O)CCC2CCCC2)C1. The number of anilines is 1. The average molecular weight is 328 g/mol. The van der Waals surface area contributed by atoms with Crippen LogP contribution in [-0.4, -0.2) is 29.8 Å². The van der Waals surface area contributed by atoms with Crippen LogP contribution >= 0.6 is 0 Å². The molecule has 3 rings (SSSR count). The Morgan fingerprint density at radius 1 is 1.04 bits per heavy atom. The van der Waals surface area contributed by atoms with E-state index >= 15 is 0 Å². The average Bonchev–Trinajstić information content (AvgIpc) is 3.14. The summed E-state index contributed by atoms with van der Waals surface area (Å²) in [6.45, 7) is 1.38. The maximum absolute atomic E-state index is 12.5. The third kappa shape index (κ3) is 4.59. The summed E-state index contributed by atoms with van der Waals surface area (Å²) in [4.78, 5) is 26.8. The molecule has 2 amide bonds. The predicted molar refractivity (Wildman–Crippen MR) is 95.6 cm³/mol. The lowest BCUT2D eigenvalue weighted by molar-refractivity contribution is -0.134. The molecule has 0 spiro atoms. The Balaban J connectivity index is 1.48. The van der Waals surface area contributed by atoms with E-state index in [4.69, 9.17) is 0 Å². The lowest BCUT2D eigenvalue weighted by atomic mass is 9.95. The highest BCUT2D eigenvalue weighted by Crippen LogP contribution is 2.29. The van der Waals surface area contributed by atoms with Gasteiger partial charge in [0, 0.05) is 25.2 Å². The normalized spacial score (nSPS) is 21.7. The maximum Gasteiger partial charge on any atom is 0.229 e. The lowest BCUT2D eigenvalue weighted by Gasteiger charge is -2.32. The van der Waals surface area contributed by atoms with Crippen LogP contribution < -0.4 is 5.32 Å². The number of para-hydroxylation sites is 1. The molecule has 1 N–H and O–H groups in total. The third-order valence-electron chi connectivity index (χ3n) is 5.43. The first-order chi connectivity index (χ1) is 11.7. The highest BCUT2D eigenvalue weighted by molar-refractivity contribution is 5.93. The van der Waals surface area contributed by atoms with Crippen molar-refractivity contribution in [3.05, 3.63) is 30.3 Å². The smallest absolute Gasteiger partial charge is 0.229 e. The van der Waals surface area contributed by atoms with Gasteiger partial charge in [0.1, 0.15) is 0 Å². The second-order valence-corrected chi connectivity index (χ2v) is 7.22. The summed E-state index contributed by atoms with van der Waals surface area (Å²) in [5.74, 6) is 0.930. The number of carbonyl (C=O) groups is 2. The van der Waals surface area contributed by atoms with Crippen molar-refractivity contribution in [3.8, 4) is 0 Å². The molecule has 24 heavy (non-hydrogen) atoms. The van der Waals surface area contributed by atoms with Crippen LogP contribution in [0.5, 0.6) is 0 Å². The van der Waals surface area contributed by atoms with Gasteiger partial charge in [-0.2, -0.15) is 0 Å². The van der Waals surface area contributed by atoms with Crippen molar-refractivity contribution in [1.82, 2.24) is 4.90 Å². The molecule has 1 aliphatic carbocycles. The number of nitrogens with zero attached hydrogens (tertiary/aromatic N) is 1. The van der Waals surface area contributed by atoms with Crippen LogP contribution in [0.15, 0.2) is 30.3 Å². The second kappa shape index (κ2) is 8.32. The van der Waals surface area contributed by atoms with Crippen LogP contribution in [0, 0.1) is 11.8 Å². The van der Waals surface area contributed by atoms with Crippen molar-refractivity contribution >= 4 is 17.5 Å². The first-order valence-corrected chi connectivity index (χ1v) is 9.36. The molecular weight excluding hydrogens is 300 g/mol. The van der Waals surface area contributed by atoms with Gasteiger partial charge in [-0.1, -0.05) is 43.9 Å². The van der Waals surface area contributed by atoms with E-state index in [0.717, 1.165) is 37.4 Å². The summed E-state index contributed by atoms with van der Waals surface area (Å²) in [5, 5.41) is 2.97. The number of benzene rings is 1. The quantitative estimate of drug-likeness (QED) is 0.893. The van der Waals surface area contributed by atoms with E-state index in [9.17, 15) is 9.59 Å². The minimum Gasteiger partial charge on any atom is -0.342 e. The molecule has 0 aromatic heterocycles. The van der Waals surface area contributed by atoms with Gasteiger partial charge in [0.25, 0.3) is 0 Å². The van der Waals surface area contributed by atoms with Crippen LogP contribution in [0.4, 0.5) is 5.69 Å². The van der Waals surface area contributed by atoms with E-state index < -0.39 is 0 Å². The van der Waals surface area contributed by atoms with Gasteiger partial charge in [-0.05, 0) is 37.3 Å². The summed E-state index contributed by atoms with van der Waals surface area (Å²) in [6.07, 6.45) is 8.68. The Bertz CT molecular complexity index is 552. The molecule has 1 saturated heterocycles. The van der Waals surface area contributed by atoms with Crippen molar-refractivity contribution in [3.63, 3.8) is 0 Å². The molecule has 1 heterocycles. The monoisotopic (exact) mass is 328 g/mol. The fourth-order valence-electron chi connectivity index (χ4n) is 3.97. The number of carbonyl (C=O) groups excluding carboxylic acids is 2. The van der Waals surface area contributed by atoms with E-state index in [0.29, 0.717) is 13.0 Å². The topological polar surface area (TPSA) is 49.4 Å². The number of rotatable bonds is 5. The van der Waals surface area contributed by atoms with Gasteiger partial charge in [0.05, 0.1) is 5.92 Å². The van der Waals surface area contributed by atoms with E-state index in [-0.39, 0.29) is 17.7 Å². The highest BCUT2D eigenvalue weighted by Gasteiger charge is 2.28. The molecule has 1 saturated carbocycles. The highest BCUT2D eigenvalue weighted by atomic mass is 16.2. The zero-order valence-electron chi connectivity index (χ0n) is 14.4. The van der Waals surface area contributed by atoms with E-state index in [1.54, 1.807) is 0 Å². The molecule has 0 radical (unpaired) electrons. The van der Waals surface area contributed by atoms with Gasteiger partial charge in [0.15, 0.2) is 0 Å². The molecule has 1 aromatic carbocycles. The van der Waals surface area contributed by atoms with Crippen LogP contribution in [-0.2, 0) is 9.59 Å². The van der Waals surface area contributed by atoms with E-state index in [1.807, 2.05) is 35.2 Å². The Hall–Kier alpha value is -1.84. The van der Waals surface area contributed by atoms with Crippen molar-refractivity contribution in [1.29, 1.82) is 0 Å². The summed E-state index contributed by atoms with van der Waals surface area (Å²) in [5.41, 5.74) is 0.826. The minimum absolute atomic E-state index is 0.0366. The van der Waals surface area contributed by atoms with Gasteiger partial charge in [-0.3, -0.25) is 9.59 Å². The van der Waals surface area contributed by atoms with Crippen molar-refractivity contribution < 1.29 is 9.59 Å². The van der Waals surface area contributed by atoms with Gasteiger partial charge < -0.3 is 10.2 Å². The fraction of sp³-hybridized carbons (Fsp3) is 0.600. The molecule has 130 valence electrons. The molecule has 1 unspecified atom stereocenters. The Labute approximate surface area is 144 Å². The van der Waals surface area contributed by atoms with Crippen LogP contribution in [0.3, 0.4) is 0 Å². The summed E-state index contributed by atoms with van der Waals surface area (Å²) >= 11 is 0. The van der Waals surface area contributed by atoms with E-state index in [2.05, 4.69) is 5.32 Å². The molecule has 2 fully saturated rings. The predicted octanol–water partition coefficient (Wildman–Crippen LogP) is 3.83. The molecule has 1 atom stereocenters. The zero-order valence-corrected chi connectivity index (χ0v) is 14.4. The molecule has 2 aliphatic rings. The standard InChI is InChI=1S/C20H28N2O2/c23-19(13-12-16-7-4-5-8-16)22-14-6-9-17(15-22)20(24)21-18-10-2-1-3-11-18/h1-3,10-11,16-17H,4-9,12-15H2,(H,21,24). The largest absolute Gasteiger partial charge is 0.342 e. The molecule has 1 aromatic rings. The van der Waals surface area contributed by atoms with E-state index in [1.165, 1.54) is 25.7 Å². The van der Waals surface area contributed by atoms with Gasteiger partial charge in [0.2, 0.25) is 11.8 Å². The van der Waals surface area contributed by atoms with Gasteiger partial charge >= 0.3 is 0 Å². The van der Waals surface area contributed by atoms with Gasteiger partial charge in [-0.25, -0.2) is 0 Å². The molecule has 4 heteroatoms. The Morgan fingerprint density at radius 3 is 2.54 bits per heavy atom. The second-order valence-electron chi connectivity index (χ2n) is 7.22. The maximum atomic E-state index is 12.5. The number of hydrogen-bond donors (Lipinski definition) is 1. The summed E-state index contributed by atoms with van der Waals surface area (Å²) < 4.78 is 0. The summed E-state index contributed by atoms with van der Waals surface area (Å²) in [7, 11) is 0. The Kier molecular flexibility index (Phi) is 5.89. The fourth-order valence-corrected chi connectivity index (χ4v) is 3.97. The van der Waals surface area contributed by atoms with Crippen LogP contribution in [0.2, 0.25) is 0 Å². The number of hydrogen-bond acceptors (Lipinski definition) is 2. The summed E-state index contributed by atoms with van der Waals surface area (Å²) in [6, 6.07) is 9.54. The van der Waals surface area contributed by atoms with Crippen LogP contribution in [0.1, 0.15) is 51.4 Å². The van der Waals surface area contributed by atoms with Crippen molar-refractivity contribution in [2.24, 2.45) is 11.8 Å². The number of nitrogens with one attached hydrogen (secondary N) is 1. The molecule has 4 nitrogen and oxygen atoms in total. The molecule has 1 aliphatic heterocycles. The first-order valence-electron chi connectivity index (χ1n) is 9.36. The molecule has 0 bridgehead atoms. The van der Waals surface area contributed by atoms with Gasteiger partial charge in [-0.15, -0.1) is 0 Å². The van der Waals surface area contributed by atoms with Crippen molar-refractivity contribution in [2.75, 3.05) is 18.4 Å². The Morgan fingerprint density at radius 2 is 1.79 bits per heavy atom. The number of likely N-dealkylation sites (tertiary alicyclic amines) is 1. The lowest BCUT2D eigenvalue weighted by Crippen LogP contribution is -2.43.